The largest absolute Gasteiger partial charge is 0.481 e. The van der Waals surface area contributed by atoms with Crippen molar-refractivity contribution in [3.8, 4) is 0 Å². The van der Waals surface area contributed by atoms with Crippen molar-refractivity contribution in [3.63, 3.8) is 0 Å². The first-order valence-electron chi connectivity index (χ1n) is 22.6. The van der Waals surface area contributed by atoms with Crippen molar-refractivity contribution in [1.29, 1.82) is 0 Å². The molecule has 0 spiro atoms. The summed E-state index contributed by atoms with van der Waals surface area (Å²) >= 11 is 0. The van der Waals surface area contributed by atoms with Gasteiger partial charge in [-0.05, 0) is 39.0 Å². The minimum Gasteiger partial charge on any atom is -0.481 e. The standard InChI is InChI=1S/C48H75NO16/c1-28-18-16-14-12-10-8-6-7-9-11-13-15-17-19-36(64-47-45(58)43(49)29(2)31(4)63-47)25-40-42(46(59)60)39(55)27-48(61,65-40)26-35(52)23-38(54)37(53)21-20-33(50)22-34(51)24-41(56)62-32(5)30(3)44(28)57/h6-19,28-40,42-45,47,50-55,57-58,61H,20-27,49H2,1-5H3,(H,59,60)/b7-6+,10-8+,11-9+,14-12+,15-13+,18-16+,19-17+/t28-,29+,30-,31+,32-,33+,34+,35-,36-,37+,38+,39-,40-,42+,43-,44+,45-,47?,48+/m0/s1. The zero-order chi connectivity index (χ0) is 48.4. The normalized spacial score (nSPS) is 45.5. The number of aliphatic hydroxyl groups is 9. The average molecular weight is 922 g/mol. The number of carboxylic acid groups (broad SMARTS) is 1. The number of hydrogen-bond donors (Lipinski definition) is 11. The molecule has 2 fully saturated rings. The summed E-state index contributed by atoms with van der Waals surface area (Å²) in [6.07, 6.45) is 6.31. The lowest BCUT2D eigenvalue weighted by Gasteiger charge is -2.45. The summed E-state index contributed by atoms with van der Waals surface area (Å²) in [6.45, 7) is 8.84. The Bertz CT molecular complexity index is 1660. The van der Waals surface area contributed by atoms with Crippen LogP contribution in [0.1, 0.15) is 86.0 Å². The van der Waals surface area contributed by atoms with Crippen LogP contribution in [0.2, 0.25) is 0 Å². The number of carbonyl (C=O) groups is 2. The van der Waals surface area contributed by atoms with Gasteiger partial charge in [0.25, 0.3) is 0 Å². The van der Waals surface area contributed by atoms with Gasteiger partial charge in [0.15, 0.2) is 12.1 Å². The van der Waals surface area contributed by atoms with Crippen molar-refractivity contribution >= 4 is 11.9 Å². The molecule has 2 saturated heterocycles. The maximum atomic E-state index is 12.6. The van der Waals surface area contributed by atoms with E-state index >= 15 is 0 Å². The third-order valence-corrected chi connectivity index (χ3v) is 12.5. The molecule has 1 unspecified atom stereocenters. The van der Waals surface area contributed by atoms with E-state index < -0.39 is 141 Å². The zero-order valence-corrected chi connectivity index (χ0v) is 38.1. The molecule has 0 aromatic carbocycles. The molecule has 2 bridgehead atoms. The summed E-state index contributed by atoms with van der Waals surface area (Å²) in [5.41, 5.74) is 6.27. The number of aliphatic carboxylic acids is 1. The molecule has 0 aromatic rings. The van der Waals surface area contributed by atoms with Gasteiger partial charge in [-0.2, -0.15) is 0 Å². The van der Waals surface area contributed by atoms with Gasteiger partial charge in [0.1, 0.15) is 18.1 Å². The SMILES string of the molecule is C[C@@H]1[C@H](O)[C@@H](C)/C=C/C=C/C=C/C=C/C=C/C=C/C=C/[C@H](OC2O[C@H](C)[C@@H](C)[C@H](N)[C@@H]2O)C[C@@H]2O[C@](O)(C[C@@H](O)C[C@@H](O)[C@H](O)CC[C@@H](O)C[C@@H](O)CC(=O)O[C@H]1C)C[C@H](O)[C@H]2C(=O)O. The van der Waals surface area contributed by atoms with Crippen LogP contribution in [0.4, 0.5) is 0 Å². The van der Waals surface area contributed by atoms with Crippen molar-refractivity contribution in [3.05, 3.63) is 85.1 Å². The fraction of sp³-hybridized carbons (Fsp3) is 0.667. The zero-order valence-electron chi connectivity index (χ0n) is 38.1. The molecule has 17 nitrogen and oxygen atoms in total. The lowest BCUT2D eigenvalue weighted by Crippen LogP contribution is -2.58. The average Bonchev–Trinajstić information content (AvgIpc) is 3.21. The molecular formula is C48H75NO16. The Kier molecular flexibility index (Phi) is 23.6. The maximum absolute atomic E-state index is 12.6. The second kappa shape index (κ2) is 27.4. The fourth-order valence-corrected chi connectivity index (χ4v) is 8.12. The van der Waals surface area contributed by atoms with Crippen LogP contribution in [0.5, 0.6) is 0 Å². The number of rotatable bonds is 3. The van der Waals surface area contributed by atoms with Gasteiger partial charge in [0, 0.05) is 43.6 Å². The highest BCUT2D eigenvalue weighted by molar-refractivity contribution is 5.71. The van der Waals surface area contributed by atoms with Gasteiger partial charge in [-0.1, -0.05) is 106 Å². The topological polar surface area (TPSA) is 299 Å². The van der Waals surface area contributed by atoms with Gasteiger partial charge in [-0.3, -0.25) is 9.59 Å². The predicted octanol–water partition coefficient (Wildman–Crippen LogP) is 1.99. The summed E-state index contributed by atoms with van der Waals surface area (Å²) in [4.78, 5) is 25.1. The number of cyclic esters (lactones) is 1. The summed E-state index contributed by atoms with van der Waals surface area (Å²) in [7, 11) is 0. The molecule has 0 aromatic heterocycles. The second-order valence-electron chi connectivity index (χ2n) is 17.9. The first-order valence-corrected chi connectivity index (χ1v) is 22.6. The monoisotopic (exact) mass is 922 g/mol. The van der Waals surface area contributed by atoms with Crippen LogP contribution in [0, 0.1) is 23.7 Å². The number of allylic oxidation sites excluding steroid dienone is 12. The number of carboxylic acids is 1. The summed E-state index contributed by atoms with van der Waals surface area (Å²) < 4.78 is 23.6. The molecule has 3 aliphatic rings. The maximum Gasteiger partial charge on any atom is 0.311 e. The van der Waals surface area contributed by atoms with E-state index in [1.165, 1.54) is 0 Å². The lowest BCUT2D eigenvalue weighted by atomic mass is 9.82. The second-order valence-corrected chi connectivity index (χ2v) is 17.9. The third-order valence-electron chi connectivity index (χ3n) is 12.5. The van der Waals surface area contributed by atoms with Crippen molar-refractivity contribution in [2.75, 3.05) is 0 Å². The van der Waals surface area contributed by atoms with Gasteiger partial charge in [0.2, 0.25) is 0 Å². The number of ether oxygens (including phenoxy) is 4. The number of fused-ring (bicyclic) bond motifs is 2. The summed E-state index contributed by atoms with van der Waals surface area (Å²) in [6, 6.07) is -0.704. The molecule has 3 aliphatic heterocycles. The van der Waals surface area contributed by atoms with Gasteiger partial charge in [-0.15, -0.1) is 0 Å². The molecule has 65 heavy (non-hydrogen) atoms. The molecule has 3 rings (SSSR count). The molecule has 0 saturated carbocycles. The highest BCUT2D eigenvalue weighted by Crippen LogP contribution is 2.38. The molecular weight excluding hydrogens is 847 g/mol. The van der Waals surface area contributed by atoms with E-state index in [1.54, 1.807) is 69.4 Å². The molecule has 0 aliphatic carbocycles. The highest BCUT2D eigenvalue weighted by Gasteiger charge is 2.51. The van der Waals surface area contributed by atoms with Crippen molar-refractivity contribution < 1.29 is 79.6 Å². The van der Waals surface area contributed by atoms with E-state index in [9.17, 15) is 60.7 Å². The Balaban J connectivity index is 1.86. The highest BCUT2D eigenvalue weighted by atomic mass is 16.7. The lowest BCUT2D eigenvalue weighted by molar-refractivity contribution is -0.307. The van der Waals surface area contributed by atoms with E-state index in [1.807, 2.05) is 50.3 Å². The molecule has 12 N–H and O–H groups in total. The van der Waals surface area contributed by atoms with Crippen LogP contribution < -0.4 is 5.73 Å². The number of esters is 1. The van der Waals surface area contributed by atoms with Crippen molar-refractivity contribution in [2.45, 2.75) is 177 Å². The third kappa shape index (κ3) is 18.7. The van der Waals surface area contributed by atoms with Crippen molar-refractivity contribution in [1.82, 2.24) is 0 Å². The quantitative estimate of drug-likeness (QED) is 0.180. The van der Waals surface area contributed by atoms with E-state index in [0.29, 0.717) is 0 Å². The predicted molar refractivity (Wildman–Crippen MR) is 240 cm³/mol. The smallest absolute Gasteiger partial charge is 0.311 e. The first-order chi connectivity index (χ1) is 30.6. The molecule has 19 atom stereocenters. The molecule has 3 heterocycles. The molecule has 0 amide bonds. The Morgan fingerprint density at radius 3 is 1.82 bits per heavy atom. The van der Waals surface area contributed by atoms with E-state index in [2.05, 4.69) is 0 Å². The van der Waals surface area contributed by atoms with E-state index in [-0.39, 0.29) is 37.5 Å². The number of aliphatic hydroxyl groups excluding tert-OH is 8. The van der Waals surface area contributed by atoms with E-state index in [0.717, 1.165) is 0 Å². The van der Waals surface area contributed by atoms with Crippen LogP contribution >= 0.6 is 0 Å². The molecule has 17 heteroatoms. The van der Waals surface area contributed by atoms with Gasteiger partial charge in [-0.25, -0.2) is 0 Å². The Labute approximate surface area is 382 Å². The fourth-order valence-electron chi connectivity index (χ4n) is 8.12. The van der Waals surface area contributed by atoms with Crippen LogP contribution in [-0.4, -0.2) is 154 Å². The number of carbonyl (C=O) groups excluding carboxylic acids is 1. The summed E-state index contributed by atoms with van der Waals surface area (Å²) in [5, 5.41) is 108. The van der Waals surface area contributed by atoms with Crippen LogP contribution in [0.25, 0.3) is 0 Å². The minimum atomic E-state index is -2.29. The minimum absolute atomic E-state index is 0.0948. The van der Waals surface area contributed by atoms with Crippen LogP contribution in [0.3, 0.4) is 0 Å². The number of nitrogens with two attached hydrogens (primary N) is 1. The Morgan fingerprint density at radius 2 is 1.23 bits per heavy atom. The molecule has 368 valence electrons. The Morgan fingerprint density at radius 1 is 0.662 bits per heavy atom. The van der Waals surface area contributed by atoms with Crippen LogP contribution in [0.15, 0.2) is 85.1 Å². The first kappa shape index (κ1) is 55.9. The van der Waals surface area contributed by atoms with Crippen LogP contribution in [-0.2, 0) is 28.5 Å². The summed E-state index contributed by atoms with van der Waals surface area (Å²) in [5.74, 6) is -6.91. The van der Waals surface area contributed by atoms with Crippen molar-refractivity contribution in [2.24, 2.45) is 29.4 Å². The van der Waals surface area contributed by atoms with Gasteiger partial charge in [0.05, 0.1) is 67.5 Å². The Hall–Kier alpha value is -3.40. The molecule has 0 radical (unpaired) electrons. The van der Waals surface area contributed by atoms with E-state index in [4.69, 9.17) is 24.7 Å². The van der Waals surface area contributed by atoms with Gasteiger partial charge < -0.3 is 75.7 Å². The number of hydrogen-bond acceptors (Lipinski definition) is 16. The van der Waals surface area contributed by atoms with Gasteiger partial charge >= 0.3 is 11.9 Å².